The van der Waals surface area contributed by atoms with Gasteiger partial charge in [0.05, 0.1) is 18.8 Å². The summed E-state index contributed by atoms with van der Waals surface area (Å²) in [6.07, 6.45) is 3.56. The standard InChI is InChI=1S/C27H30N2OS.C4H4O4/c1-19(20-13-15-22(30-2)16-14-20)27(23-9-7-17-28-23)29-24-10-4-3-8-21(24)18-31-26-12-6-5-11-25(26)29;5-3(6)1-2-4(7)8/h3-6,8,10-16,19,23,27-28H,7,9,17-18H2,1-2H3;1-2H,(H,5,6)(H,7,8)/b;2-1-/t19?,23?,27-;/m0./s1. The minimum absolute atomic E-state index is 0.317. The summed E-state index contributed by atoms with van der Waals surface area (Å²) in [5, 5.41) is 19.5. The Bertz CT molecular complexity index is 1240. The predicted molar refractivity (Wildman–Crippen MR) is 155 cm³/mol. The van der Waals surface area contributed by atoms with Gasteiger partial charge in [-0.3, -0.25) is 0 Å². The quantitative estimate of drug-likeness (QED) is 0.307. The largest absolute Gasteiger partial charge is 0.497 e. The molecule has 1 saturated heterocycles. The number of nitrogens with zero attached hydrogens (tertiary/aromatic N) is 1. The van der Waals surface area contributed by atoms with Crippen molar-refractivity contribution in [1.29, 1.82) is 0 Å². The summed E-state index contributed by atoms with van der Waals surface area (Å²) in [5.41, 5.74) is 5.44. The van der Waals surface area contributed by atoms with Crippen LogP contribution in [0.15, 0.2) is 89.8 Å². The van der Waals surface area contributed by atoms with E-state index in [2.05, 4.69) is 89.9 Å². The van der Waals surface area contributed by atoms with Gasteiger partial charge in [-0.05, 0) is 60.8 Å². The molecule has 2 unspecified atom stereocenters. The molecule has 0 spiro atoms. The first-order valence-electron chi connectivity index (χ1n) is 13.0. The van der Waals surface area contributed by atoms with Crippen LogP contribution in [-0.4, -0.2) is 47.9 Å². The number of carbonyl (C=O) groups is 2. The Hall–Kier alpha value is -3.75. The maximum Gasteiger partial charge on any atom is 0.328 e. The monoisotopic (exact) mass is 546 g/mol. The Balaban J connectivity index is 0.000000386. The van der Waals surface area contributed by atoms with Gasteiger partial charge in [-0.15, -0.1) is 11.8 Å². The fraction of sp³-hybridized carbons (Fsp3) is 0.290. The van der Waals surface area contributed by atoms with Crippen LogP contribution in [0.1, 0.15) is 36.8 Å². The van der Waals surface area contributed by atoms with Gasteiger partial charge in [0.25, 0.3) is 0 Å². The lowest BCUT2D eigenvalue weighted by molar-refractivity contribution is -0.134. The SMILES string of the molecule is COc1ccc(C(C)[C@@H](C2CCCN2)N2c3ccccc3CSc3ccccc32)cc1.O=C(O)/C=C\C(=O)O. The molecule has 3 aromatic carbocycles. The van der Waals surface area contributed by atoms with E-state index in [1.54, 1.807) is 7.11 Å². The maximum atomic E-state index is 9.55. The van der Waals surface area contributed by atoms with Crippen LogP contribution in [0.5, 0.6) is 5.75 Å². The molecule has 7 nitrogen and oxygen atoms in total. The van der Waals surface area contributed by atoms with E-state index in [1.165, 1.54) is 40.2 Å². The van der Waals surface area contributed by atoms with E-state index < -0.39 is 11.9 Å². The van der Waals surface area contributed by atoms with Gasteiger partial charge in [0.15, 0.2) is 0 Å². The van der Waals surface area contributed by atoms with Gasteiger partial charge in [0.2, 0.25) is 0 Å². The second kappa shape index (κ2) is 13.4. The van der Waals surface area contributed by atoms with Gasteiger partial charge in [0.1, 0.15) is 5.75 Å². The van der Waals surface area contributed by atoms with Crippen molar-refractivity contribution < 1.29 is 24.5 Å². The highest BCUT2D eigenvalue weighted by molar-refractivity contribution is 7.98. The molecule has 1 fully saturated rings. The van der Waals surface area contributed by atoms with Crippen LogP contribution in [0, 0.1) is 0 Å². The van der Waals surface area contributed by atoms with E-state index in [-0.39, 0.29) is 0 Å². The van der Waals surface area contributed by atoms with Crippen molar-refractivity contribution >= 4 is 35.1 Å². The Kier molecular flexibility index (Phi) is 9.68. The molecule has 0 aliphatic carbocycles. The first-order valence-corrected chi connectivity index (χ1v) is 14.0. The number of hydrogen-bond donors (Lipinski definition) is 3. The van der Waals surface area contributed by atoms with Gasteiger partial charge in [-0.1, -0.05) is 49.4 Å². The molecule has 0 bridgehead atoms. The van der Waals surface area contributed by atoms with Gasteiger partial charge in [-0.2, -0.15) is 0 Å². The van der Waals surface area contributed by atoms with Gasteiger partial charge < -0.3 is 25.2 Å². The molecular formula is C31H34N2O5S. The third-order valence-electron chi connectivity index (χ3n) is 7.09. The van der Waals surface area contributed by atoms with Crippen LogP contribution in [0.25, 0.3) is 0 Å². The molecule has 2 aliphatic heterocycles. The van der Waals surface area contributed by atoms with Gasteiger partial charge in [0, 0.05) is 40.4 Å². The van der Waals surface area contributed by atoms with Crippen molar-refractivity contribution in [3.05, 3.63) is 96.1 Å². The molecule has 8 heteroatoms. The van der Waals surface area contributed by atoms with Gasteiger partial charge in [-0.25, -0.2) is 9.59 Å². The van der Waals surface area contributed by atoms with Crippen molar-refractivity contribution in [2.45, 2.75) is 48.4 Å². The normalized spacial score (nSPS) is 17.7. The lowest BCUT2D eigenvalue weighted by Crippen LogP contribution is -2.49. The highest BCUT2D eigenvalue weighted by atomic mass is 32.2. The molecule has 2 heterocycles. The molecular weight excluding hydrogens is 512 g/mol. The summed E-state index contributed by atoms with van der Waals surface area (Å²) in [4.78, 5) is 23.1. The molecule has 3 atom stereocenters. The van der Waals surface area contributed by atoms with Gasteiger partial charge >= 0.3 is 11.9 Å². The Morgan fingerprint density at radius 1 is 0.974 bits per heavy atom. The smallest absolute Gasteiger partial charge is 0.328 e. The minimum Gasteiger partial charge on any atom is -0.497 e. The van der Waals surface area contributed by atoms with E-state index in [1.807, 2.05) is 11.8 Å². The number of para-hydroxylation sites is 2. The topological polar surface area (TPSA) is 99.1 Å². The lowest BCUT2D eigenvalue weighted by Gasteiger charge is -2.42. The predicted octanol–water partition coefficient (Wildman–Crippen LogP) is 6.08. The maximum absolute atomic E-state index is 9.55. The molecule has 3 aromatic rings. The van der Waals surface area contributed by atoms with E-state index in [0.29, 0.717) is 30.2 Å². The first kappa shape index (κ1) is 28.3. The summed E-state index contributed by atoms with van der Waals surface area (Å²) < 4.78 is 5.41. The number of carboxylic acids is 2. The number of nitrogens with one attached hydrogen (secondary N) is 1. The molecule has 5 rings (SSSR count). The zero-order valence-corrected chi connectivity index (χ0v) is 22.9. The highest BCUT2D eigenvalue weighted by Gasteiger charge is 2.38. The molecule has 0 amide bonds. The van der Waals surface area contributed by atoms with Crippen LogP contribution < -0.4 is 15.0 Å². The fourth-order valence-electron chi connectivity index (χ4n) is 5.25. The second-order valence-corrected chi connectivity index (χ2v) is 10.5. The number of aliphatic carboxylic acids is 2. The van der Waals surface area contributed by atoms with Crippen LogP contribution in [0.2, 0.25) is 0 Å². The third kappa shape index (κ3) is 7.02. The molecule has 3 N–H and O–H groups in total. The molecule has 0 saturated carbocycles. The van der Waals surface area contributed by atoms with Crippen molar-refractivity contribution in [3.8, 4) is 5.75 Å². The van der Waals surface area contributed by atoms with Crippen molar-refractivity contribution in [3.63, 3.8) is 0 Å². The number of rotatable bonds is 7. The van der Waals surface area contributed by atoms with E-state index in [4.69, 9.17) is 14.9 Å². The van der Waals surface area contributed by atoms with Crippen LogP contribution in [0.3, 0.4) is 0 Å². The molecule has 0 radical (unpaired) electrons. The summed E-state index contributed by atoms with van der Waals surface area (Å²) >= 11 is 1.95. The number of benzene rings is 3. The zero-order valence-electron chi connectivity index (χ0n) is 22.1. The number of ether oxygens (including phenoxy) is 1. The molecule has 39 heavy (non-hydrogen) atoms. The number of methoxy groups -OCH3 is 1. The second-order valence-electron chi connectivity index (χ2n) is 9.52. The number of carboxylic acid groups (broad SMARTS) is 2. The highest BCUT2D eigenvalue weighted by Crippen LogP contribution is 2.46. The third-order valence-corrected chi connectivity index (χ3v) is 8.20. The Labute approximate surface area is 233 Å². The number of fused-ring (bicyclic) bond motifs is 2. The van der Waals surface area contributed by atoms with Crippen molar-refractivity contribution in [2.24, 2.45) is 0 Å². The summed E-state index contributed by atoms with van der Waals surface area (Å²) in [5.74, 6) is -0.246. The van der Waals surface area contributed by atoms with E-state index >= 15 is 0 Å². The Morgan fingerprint density at radius 3 is 2.23 bits per heavy atom. The summed E-state index contributed by atoms with van der Waals surface area (Å²) in [6, 6.07) is 27.3. The minimum atomic E-state index is -1.26. The van der Waals surface area contributed by atoms with Crippen molar-refractivity contribution in [1.82, 2.24) is 5.32 Å². The van der Waals surface area contributed by atoms with Crippen LogP contribution >= 0.6 is 11.8 Å². The number of hydrogen-bond acceptors (Lipinski definition) is 6. The number of anilines is 2. The average molecular weight is 547 g/mol. The van der Waals surface area contributed by atoms with Crippen LogP contribution in [-0.2, 0) is 15.3 Å². The molecule has 0 aromatic heterocycles. The number of thioether (sulfide) groups is 1. The summed E-state index contributed by atoms with van der Waals surface area (Å²) in [7, 11) is 1.73. The van der Waals surface area contributed by atoms with Crippen molar-refractivity contribution in [2.75, 3.05) is 18.6 Å². The molecule has 204 valence electrons. The molecule has 2 aliphatic rings. The summed E-state index contributed by atoms with van der Waals surface area (Å²) in [6.45, 7) is 3.48. The van der Waals surface area contributed by atoms with Crippen LogP contribution in [0.4, 0.5) is 11.4 Å². The lowest BCUT2D eigenvalue weighted by atomic mass is 9.85. The fourth-order valence-corrected chi connectivity index (χ4v) is 6.30. The van der Waals surface area contributed by atoms with E-state index in [9.17, 15) is 9.59 Å². The average Bonchev–Trinajstić information content (AvgIpc) is 3.43. The van der Waals surface area contributed by atoms with E-state index in [0.717, 1.165) is 18.0 Å². The Morgan fingerprint density at radius 2 is 1.62 bits per heavy atom. The zero-order chi connectivity index (χ0) is 27.8. The first-order chi connectivity index (χ1) is 18.9.